The van der Waals surface area contributed by atoms with Crippen molar-refractivity contribution in [2.75, 3.05) is 11.9 Å². The lowest BCUT2D eigenvalue weighted by atomic mass is 10.1. The normalized spacial score (nSPS) is 10.6. The highest BCUT2D eigenvalue weighted by Crippen LogP contribution is 2.26. The Bertz CT molecular complexity index is 847. The average Bonchev–Trinajstić information content (AvgIpc) is 2.60. The van der Waals surface area contributed by atoms with Gasteiger partial charge in [0.05, 0.1) is 12.8 Å². The predicted octanol–water partition coefficient (Wildman–Crippen LogP) is 2.50. The molecule has 0 aliphatic carbocycles. The van der Waals surface area contributed by atoms with Gasteiger partial charge < -0.3 is 15.2 Å². The van der Waals surface area contributed by atoms with E-state index in [-0.39, 0.29) is 5.75 Å². The standard InChI is InChI=1S/C19H21N3O4/c1-4-26-17-10-14(6-8-16(17)23)11-20-22-19(25)18(24)21-15-7-5-12(2)9-13(15)3/h5-11,23H,4H2,1-3H3,(H,21,24)(H,22,25)/b20-11+. The Hall–Kier alpha value is -3.35. The molecular weight excluding hydrogens is 334 g/mol. The molecule has 7 heteroatoms. The highest BCUT2D eigenvalue weighted by molar-refractivity contribution is 6.39. The lowest BCUT2D eigenvalue weighted by molar-refractivity contribution is -0.136. The number of rotatable bonds is 5. The third-order valence-electron chi connectivity index (χ3n) is 3.50. The van der Waals surface area contributed by atoms with E-state index in [1.807, 2.05) is 26.0 Å². The number of phenols is 1. The first-order chi connectivity index (χ1) is 12.4. The van der Waals surface area contributed by atoms with Crippen LogP contribution >= 0.6 is 0 Å². The van der Waals surface area contributed by atoms with Crippen LogP contribution in [0, 0.1) is 13.8 Å². The van der Waals surface area contributed by atoms with Crippen LogP contribution in [0.3, 0.4) is 0 Å². The van der Waals surface area contributed by atoms with Crippen molar-refractivity contribution in [2.24, 2.45) is 5.10 Å². The Morgan fingerprint density at radius 2 is 1.92 bits per heavy atom. The molecule has 136 valence electrons. The number of aryl methyl sites for hydroxylation is 2. The molecule has 0 heterocycles. The van der Waals surface area contributed by atoms with Crippen LogP contribution in [0.5, 0.6) is 11.5 Å². The minimum absolute atomic E-state index is 0.0147. The molecule has 0 radical (unpaired) electrons. The lowest BCUT2D eigenvalue weighted by Crippen LogP contribution is -2.32. The van der Waals surface area contributed by atoms with Gasteiger partial charge in [-0.15, -0.1) is 0 Å². The van der Waals surface area contributed by atoms with Crippen LogP contribution in [0.15, 0.2) is 41.5 Å². The maximum atomic E-state index is 11.9. The topological polar surface area (TPSA) is 100 Å². The first kappa shape index (κ1) is 19.0. The summed E-state index contributed by atoms with van der Waals surface area (Å²) >= 11 is 0. The minimum Gasteiger partial charge on any atom is -0.504 e. The van der Waals surface area contributed by atoms with Crippen LogP contribution in [0.1, 0.15) is 23.6 Å². The third-order valence-corrected chi connectivity index (χ3v) is 3.50. The van der Waals surface area contributed by atoms with Crippen molar-refractivity contribution in [3.63, 3.8) is 0 Å². The summed E-state index contributed by atoms with van der Waals surface area (Å²) in [6.07, 6.45) is 1.35. The zero-order chi connectivity index (χ0) is 19.1. The van der Waals surface area contributed by atoms with Gasteiger partial charge in [-0.25, -0.2) is 5.43 Å². The van der Waals surface area contributed by atoms with Gasteiger partial charge >= 0.3 is 11.8 Å². The van der Waals surface area contributed by atoms with E-state index in [2.05, 4.69) is 15.8 Å². The number of anilines is 1. The summed E-state index contributed by atoms with van der Waals surface area (Å²) in [7, 11) is 0. The molecule has 0 aliphatic rings. The van der Waals surface area contributed by atoms with Gasteiger partial charge in [-0.05, 0) is 56.2 Å². The van der Waals surface area contributed by atoms with Crippen molar-refractivity contribution in [3.8, 4) is 11.5 Å². The molecule has 0 atom stereocenters. The van der Waals surface area contributed by atoms with Gasteiger partial charge in [0.1, 0.15) is 0 Å². The lowest BCUT2D eigenvalue weighted by Gasteiger charge is -2.08. The van der Waals surface area contributed by atoms with Gasteiger partial charge in [0.25, 0.3) is 0 Å². The molecule has 2 rings (SSSR count). The smallest absolute Gasteiger partial charge is 0.329 e. The van der Waals surface area contributed by atoms with Gasteiger partial charge in [0.15, 0.2) is 11.5 Å². The third kappa shape index (κ3) is 5.07. The molecule has 0 aliphatic heterocycles. The number of hydrogen-bond donors (Lipinski definition) is 3. The van der Waals surface area contributed by atoms with Crippen LogP contribution in [-0.4, -0.2) is 29.7 Å². The molecule has 2 aromatic carbocycles. The maximum absolute atomic E-state index is 11.9. The van der Waals surface area contributed by atoms with E-state index in [0.29, 0.717) is 23.6 Å². The van der Waals surface area contributed by atoms with Crippen LogP contribution in [0.2, 0.25) is 0 Å². The quantitative estimate of drug-likeness (QED) is 0.436. The van der Waals surface area contributed by atoms with Crippen LogP contribution in [-0.2, 0) is 9.59 Å². The monoisotopic (exact) mass is 355 g/mol. The number of carbonyl (C=O) groups excluding carboxylic acids is 2. The van der Waals surface area contributed by atoms with Gasteiger partial charge in [-0.2, -0.15) is 5.10 Å². The Balaban J connectivity index is 1.96. The average molecular weight is 355 g/mol. The summed E-state index contributed by atoms with van der Waals surface area (Å²) in [6, 6.07) is 10.1. The van der Waals surface area contributed by atoms with E-state index in [0.717, 1.165) is 11.1 Å². The van der Waals surface area contributed by atoms with Crippen LogP contribution < -0.4 is 15.5 Å². The summed E-state index contributed by atoms with van der Waals surface area (Å²) in [5, 5.41) is 15.9. The number of benzene rings is 2. The zero-order valence-electron chi connectivity index (χ0n) is 14.9. The Kier molecular flexibility index (Phi) is 6.32. The SMILES string of the molecule is CCOc1cc(/C=N/NC(=O)C(=O)Nc2ccc(C)cc2C)ccc1O. The Morgan fingerprint density at radius 3 is 2.62 bits per heavy atom. The minimum atomic E-state index is -0.884. The van der Waals surface area contributed by atoms with E-state index < -0.39 is 11.8 Å². The summed E-state index contributed by atoms with van der Waals surface area (Å²) < 4.78 is 5.27. The summed E-state index contributed by atoms with van der Waals surface area (Å²) in [5.41, 5.74) is 5.26. The molecule has 7 nitrogen and oxygen atoms in total. The van der Waals surface area contributed by atoms with Crippen LogP contribution in [0.25, 0.3) is 0 Å². The molecular formula is C19H21N3O4. The van der Waals surface area contributed by atoms with Gasteiger partial charge in [0.2, 0.25) is 0 Å². The molecule has 0 aromatic heterocycles. The number of amides is 2. The molecule has 0 fully saturated rings. The molecule has 0 saturated heterocycles. The fourth-order valence-corrected chi connectivity index (χ4v) is 2.23. The molecule has 2 amide bonds. The second kappa shape index (κ2) is 8.66. The number of hydrazone groups is 1. The highest BCUT2D eigenvalue weighted by atomic mass is 16.5. The first-order valence-corrected chi connectivity index (χ1v) is 8.08. The second-order valence-corrected chi connectivity index (χ2v) is 5.63. The summed E-state index contributed by atoms with van der Waals surface area (Å²) in [5.74, 6) is -1.36. The van der Waals surface area contributed by atoms with E-state index >= 15 is 0 Å². The predicted molar refractivity (Wildman–Crippen MR) is 99.6 cm³/mol. The number of nitrogens with zero attached hydrogens (tertiary/aromatic N) is 1. The van der Waals surface area contributed by atoms with Crippen molar-refractivity contribution in [2.45, 2.75) is 20.8 Å². The van der Waals surface area contributed by atoms with Crippen molar-refractivity contribution >= 4 is 23.7 Å². The fourth-order valence-electron chi connectivity index (χ4n) is 2.23. The van der Waals surface area contributed by atoms with E-state index in [1.165, 1.54) is 12.3 Å². The van der Waals surface area contributed by atoms with Gasteiger partial charge in [-0.1, -0.05) is 17.7 Å². The zero-order valence-corrected chi connectivity index (χ0v) is 14.9. The van der Waals surface area contributed by atoms with Crippen molar-refractivity contribution < 1.29 is 19.4 Å². The first-order valence-electron chi connectivity index (χ1n) is 8.08. The summed E-state index contributed by atoms with van der Waals surface area (Å²) in [6.45, 7) is 6.00. The maximum Gasteiger partial charge on any atom is 0.329 e. The number of hydrogen-bond acceptors (Lipinski definition) is 5. The van der Waals surface area contributed by atoms with Crippen molar-refractivity contribution in [1.82, 2.24) is 5.43 Å². The molecule has 0 unspecified atom stereocenters. The molecule has 0 spiro atoms. The van der Waals surface area contributed by atoms with Crippen molar-refractivity contribution in [3.05, 3.63) is 53.1 Å². The summed E-state index contributed by atoms with van der Waals surface area (Å²) in [4.78, 5) is 23.8. The van der Waals surface area contributed by atoms with E-state index in [4.69, 9.17) is 4.74 Å². The Morgan fingerprint density at radius 1 is 1.15 bits per heavy atom. The molecule has 0 bridgehead atoms. The number of aromatic hydroxyl groups is 1. The molecule has 0 saturated carbocycles. The number of ether oxygens (including phenoxy) is 1. The largest absolute Gasteiger partial charge is 0.504 e. The molecule has 26 heavy (non-hydrogen) atoms. The number of nitrogens with one attached hydrogen (secondary N) is 2. The van der Waals surface area contributed by atoms with Gasteiger partial charge in [-0.3, -0.25) is 9.59 Å². The second-order valence-electron chi connectivity index (χ2n) is 5.63. The van der Waals surface area contributed by atoms with Gasteiger partial charge in [0, 0.05) is 5.69 Å². The van der Waals surface area contributed by atoms with E-state index in [9.17, 15) is 14.7 Å². The number of carbonyl (C=O) groups is 2. The molecule has 3 N–H and O–H groups in total. The molecule has 2 aromatic rings. The van der Waals surface area contributed by atoms with Crippen molar-refractivity contribution in [1.29, 1.82) is 0 Å². The number of phenolic OH excluding ortho intramolecular Hbond substituents is 1. The van der Waals surface area contributed by atoms with E-state index in [1.54, 1.807) is 25.1 Å². The van der Waals surface area contributed by atoms with Crippen LogP contribution in [0.4, 0.5) is 5.69 Å². The fraction of sp³-hybridized carbons (Fsp3) is 0.211. The highest BCUT2D eigenvalue weighted by Gasteiger charge is 2.14. The Labute approximate surface area is 151 Å².